The highest BCUT2D eigenvalue weighted by Gasteiger charge is 2.14. The van der Waals surface area contributed by atoms with Crippen LogP contribution in [0.5, 0.6) is 0 Å². The Morgan fingerprint density at radius 3 is 2.58 bits per heavy atom. The lowest BCUT2D eigenvalue weighted by molar-refractivity contribution is -0.137. The molecule has 0 amide bonds. The molecule has 0 aliphatic heterocycles. The van der Waals surface area contributed by atoms with Crippen molar-refractivity contribution < 1.29 is 15.0 Å². The van der Waals surface area contributed by atoms with E-state index in [0.717, 1.165) is 11.1 Å². The van der Waals surface area contributed by atoms with Crippen molar-refractivity contribution in [2.75, 3.05) is 0 Å². The van der Waals surface area contributed by atoms with Gasteiger partial charge in [0.15, 0.2) is 0 Å². The third kappa shape index (κ3) is 5.99. The first kappa shape index (κ1) is 15.1. The summed E-state index contributed by atoms with van der Waals surface area (Å²) >= 11 is 0. The molecule has 0 saturated heterocycles. The number of benzene rings is 1. The van der Waals surface area contributed by atoms with Gasteiger partial charge in [0.1, 0.15) is 0 Å². The lowest BCUT2D eigenvalue weighted by Crippen LogP contribution is -2.35. The molecule has 4 nitrogen and oxygen atoms in total. The van der Waals surface area contributed by atoms with Crippen LogP contribution in [-0.2, 0) is 4.79 Å². The van der Waals surface area contributed by atoms with E-state index in [1.807, 2.05) is 43.3 Å². The summed E-state index contributed by atoms with van der Waals surface area (Å²) in [5.41, 5.74) is 7.57. The largest absolute Gasteiger partial charge is 0.481 e. The second-order valence-electron chi connectivity index (χ2n) is 4.41. The highest BCUT2D eigenvalue weighted by atomic mass is 16.4. The molecule has 1 aromatic carbocycles. The van der Waals surface area contributed by atoms with Crippen LogP contribution in [0.15, 0.2) is 48.1 Å². The zero-order valence-electron chi connectivity index (χ0n) is 10.9. The molecule has 0 aliphatic carbocycles. The molecule has 1 aromatic rings. The van der Waals surface area contributed by atoms with Gasteiger partial charge in [0.25, 0.3) is 0 Å². The van der Waals surface area contributed by atoms with Crippen LogP contribution in [0.4, 0.5) is 0 Å². The van der Waals surface area contributed by atoms with Crippen LogP contribution < -0.4 is 5.73 Å². The van der Waals surface area contributed by atoms with Crippen molar-refractivity contribution in [1.82, 2.24) is 0 Å². The predicted molar refractivity (Wildman–Crippen MR) is 75.5 cm³/mol. The van der Waals surface area contributed by atoms with Crippen LogP contribution in [0, 0.1) is 0 Å². The number of nitrogens with two attached hydrogens (primary N) is 1. The minimum Gasteiger partial charge on any atom is -0.481 e. The standard InChI is InChI=1S/C15H19NO3/c1-11(9-12-5-3-2-4-6-12)7-8-14(17)13(16)10-15(18)19/h2-9,13-14,17H,10,16H2,1H3,(H,18,19)/b8-7+,11-9+/t13-,14-/m0/s1. The number of carboxylic acid groups (broad SMARTS) is 1. The maximum Gasteiger partial charge on any atom is 0.305 e. The molecule has 1 rings (SSSR count). The number of rotatable bonds is 6. The fraction of sp³-hybridized carbons (Fsp3) is 0.267. The van der Waals surface area contributed by atoms with Gasteiger partial charge in [0.05, 0.1) is 12.5 Å². The van der Waals surface area contributed by atoms with Gasteiger partial charge in [-0.25, -0.2) is 0 Å². The van der Waals surface area contributed by atoms with Gasteiger partial charge in [-0.1, -0.05) is 54.1 Å². The van der Waals surface area contributed by atoms with Crippen LogP contribution >= 0.6 is 0 Å². The van der Waals surface area contributed by atoms with E-state index in [2.05, 4.69) is 0 Å². The van der Waals surface area contributed by atoms with Crippen molar-refractivity contribution in [3.05, 3.63) is 53.6 Å². The van der Waals surface area contributed by atoms with E-state index in [9.17, 15) is 9.90 Å². The average Bonchev–Trinajstić information content (AvgIpc) is 2.36. The van der Waals surface area contributed by atoms with Crippen molar-refractivity contribution in [2.24, 2.45) is 5.73 Å². The van der Waals surface area contributed by atoms with Crippen molar-refractivity contribution in [1.29, 1.82) is 0 Å². The average molecular weight is 261 g/mol. The lowest BCUT2D eigenvalue weighted by Gasteiger charge is -2.12. The Morgan fingerprint density at radius 1 is 1.37 bits per heavy atom. The molecule has 0 radical (unpaired) electrons. The third-order valence-corrected chi connectivity index (χ3v) is 2.60. The Hall–Kier alpha value is -1.91. The Labute approximate surface area is 112 Å². The Bertz CT molecular complexity index is 466. The number of aliphatic carboxylic acids is 1. The maximum atomic E-state index is 10.5. The van der Waals surface area contributed by atoms with Crippen molar-refractivity contribution in [3.8, 4) is 0 Å². The molecule has 0 aromatic heterocycles. The summed E-state index contributed by atoms with van der Waals surface area (Å²) < 4.78 is 0. The first-order chi connectivity index (χ1) is 8.99. The molecule has 19 heavy (non-hydrogen) atoms. The summed E-state index contributed by atoms with van der Waals surface area (Å²) in [6.45, 7) is 1.90. The highest BCUT2D eigenvalue weighted by molar-refractivity contribution is 5.67. The molecule has 0 unspecified atom stereocenters. The van der Waals surface area contributed by atoms with E-state index in [-0.39, 0.29) is 6.42 Å². The summed E-state index contributed by atoms with van der Waals surface area (Å²) in [4.78, 5) is 10.5. The van der Waals surface area contributed by atoms with E-state index < -0.39 is 18.1 Å². The molecule has 0 bridgehead atoms. The van der Waals surface area contributed by atoms with Crippen LogP contribution in [0.2, 0.25) is 0 Å². The first-order valence-electron chi connectivity index (χ1n) is 6.06. The number of aliphatic hydroxyl groups excluding tert-OH is 1. The smallest absolute Gasteiger partial charge is 0.305 e. The molecule has 0 fully saturated rings. The number of allylic oxidation sites excluding steroid dienone is 2. The summed E-state index contributed by atoms with van der Waals surface area (Å²) in [5.74, 6) is -1.02. The van der Waals surface area contributed by atoms with Gasteiger partial charge >= 0.3 is 5.97 Å². The van der Waals surface area contributed by atoms with Crippen LogP contribution in [0.3, 0.4) is 0 Å². The molecular weight excluding hydrogens is 242 g/mol. The van der Waals surface area contributed by atoms with Gasteiger partial charge in [0, 0.05) is 6.04 Å². The minimum atomic E-state index is -1.02. The normalized spacial score (nSPS) is 15.4. The molecule has 4 N–H and O–H groups in total. The summed E-state index contributed by atoms with van der Waals surface area (Å²) in [5, 5.41) is 18.3. The molecule has 0 saturated carbocycles. The Kier molecular flexibility index (Phi) is 5.99. The van der Waals surface area contributed by atoms with Crippen molar-refractivity contribution >= 4 is 12.0 Å². The lowest BCUT2D eigenvalue weighted by atomic mass is 10.1. The van der Waals surface area contributed by atoms with E-state index in [0.29, 0.717) is 0 Å². The fourth-order valence-electron chi connectivity index (χ4n) is 1.58. The number of carboxylic acids is 1. The number of hydrogen-bond acceptors (Lipinski definition) is 3. The van der Waals surface area contributed by atoms with Gasteiger partial charge < -0.3 is 15.9 Å². The number of carbonyl (C=O) groups is 1. The van der Waals surface area contributed by atoms with Gasteiger partial charge in [0.2, 0.25) is 0 Å². The zero-order valence-corrected chi connectivity index (χ0v) is 10.9. The minimum absolute atomic E-state index is 0.257. The van der Waals surface area contributed by atoms with E-state index in [4.69, 9.17) is 10.8 Å². The second kappa shape index (κ2) is 7.51. The number of aliphatic hydroxyl groups is 1. The summed E-state index contributed by atoms with van der Waals surface area (Å²) in [7, 11) is 0. The number of hydrogen-bond donors (Lipinski definition) is 3. The SMILES string of the molecule is CC(/C=C/[C@H](O)[C@@H](N)CC(=O)O)=C\c1ccccc1. The quantitative estimate of drug-likeness (QED) is 0.682. The van der Waals surface area contributed by atoms with Crippen LogP contribution in [0.25, 0.3) is 6.08 Å². The van der Waals surface area contributed by atoms with Gasteiger partial charge in [-0.3, -0.25) is 4.79 Å². The van der Waals surface area contributed by atoms with E-state index in [1.54, 1.807) is 6.08 Å². The Balaban J connectivity index is 2.60. The molecule has 0 heterocycles. The highest BCUT2D eigenvalue weighted by Crippen LogP contribution is 2.08. The summed E-state index contributed by atoms with van der Waals surface area (Å²) in [6, 6.07) is 8.99. The van der Waals surface area contributed by atoms with Crippen molar-refractivity contribution in [3.63, 3.8) is 0 Å². The van der Waals surface area contributed by atoms with Crippen LogP contribution in [0.1, 0.15) is 18.9 Å². The van der Waals surface area contributed by atoms with Crippen molar-refractivity contribution in [2.45, 2.75) is 25.5 Å². The maximum absolute atomic E-state index is 10.5. The van der Waals surface area contributed by atoms with Crippen LogP contribution in [-0.4, -0.2) is 28.3 Å². The topological polar surface area (TPSA) is 83.5 Å². The molecule has 0 aliphatic rings. The van der Waals surface area contributed by atoms with Gasteiger partial charge in [-0.2, -0.15) is 0 Å². The Morgan fingerprint density at radius 2 is 2.00 bits per heavy atom. The second-order valence-corrected chi connectivity index (χ2v) is 4.41. The monoisotopic (exact) mass is 261 g/mol. The molecule has 102 valence electrons. The van der Waals surface area contributed by atoms with E-state index >= 15 is 0 Å². The van der Waals surface area contributed by atoms with Gasteiger partial charge in [-0.15, -0.1) is 0 Å². The molecular formula is C15H19NO3. The third-order valence-electron chi connectivity index (χ3n) is 2.60. The molecule has 0 spiro atoms. The molecule has 2 atom stereocenters. The summed E-state index contributed by atoms with van der Waals surface area (Å²) in [6.07, 6.45) is 4.00. The molecule has 4 heteroatoms. The van der Waals surface area contributed by atoms with Gasteiger partial charge in [-0.05, 0) is 12.5 Å². The fourth-order valence-corrected chi connectivity index (χ4v) is 1.58. The zero-order chi connectivity index (χ0) is 14.3. The predicted octanol–water partition coefficient (Wildman–Crippen LogP) is 1.81. The first-order valence-corrected chi connectivity index (χ1v) is 6.06. The van der Waals surface area contributed by atoms with E-state index in [1.165, 1.54) is 6.08 Å².